The molecule has 104 valence electrons. The van der Waals surface area contributed by atoms with E-state index in [9.17, 15) is 0 Å². The molecule has 3 heterocycles. The van der Waals surface area contributed by atoms with Crippen LogP contribution in [0.1, 0.15) is 39.0 Å². The maximum atomic E-state index is 6.08. The average Bonchev–Trinajstić information content (AvgIpc) is 2.76. The first-order valence-corrected chi connectivity index (χ1v) is 7.37. The zero-order valence-electron chi connectivity index (χ0n) is 11.3. The van der Waals surface area contributed by atoms with Crippen molar-refractivity contribution in [3.63, 3.8) is 0 Å². The third-order valence-electron chi connectivity index (χ3n) is 4.72. The van der Waals surface area contributed by atoms with Gasteiger partial charge in [0.05, 0.1) is 11.7 Å². The summed E-state index contributed by atoms with van der Waals surface area (Å²) in [5, 5.41) is 3.79. The van der Waals surface area contributed by atoms with E-state index in [1.165, 1.54) is 0 Å². The largest absolute Gasteiger partial charge is 0.381 e. The Labute approximate surface area is 109 Å². The fraction of sp³-hybridized carbons (Fsp3) is 1.00. The number of nitrogens with one attached hydrogen (secondary N) is 1. The van der Waals surface area contributed by atoms with Crippen molar-refractivity contribution >= 4 is 0 Å². The third kappa shape index (κ3) is 2.72. The Hall–Kier alpha value is -0.160. The van der Waals surface area contributed by atoms with Gasteiger partial charge in [-0.3, -0.25) is 0 Å². The van der Waals surface area contributed by atoms with Crippen molar-refractivity contribution in [2.45, 2.75) is 62.8 Å². The molecule has 1 N–H and O–H groups in total. The fourth-order valence-electron chi connectivity index (χ4n) is 3.52. The average molecular weight is 255 g/mol. The first kappa shape index (κ1) is 12.9. The van der Waals surface area contributed by atoms with Gasteiger partial charge in [0, 0.05) is 38.5 Å². The van der Waals surface area contributed by atoms with Gasteiger partial charge in [0.25, 0.3) is 0 Å². The van der Waals surface area contributed by atoms with E-state index in [1.54, 1.807) is 0 Å². The van der Waals surface area contributed by atoms with Gasteiger partial charge >= 0.3 is 0 Å². The Morgan fingerprint density at radius 1 is 1.06 bits per heavy atom. The van der Waals surface area contributed by atoms with E-state index < -0.39 is 0 Å². The lowest BCUT2D eigenvalue weighted by atomic mass is 9.83. The molecule has 0 aromatic heterocycles. The first-order valence-electron chi connectivity index (χ1n) is 7.37. The van der Waals surface area contributed by atoms with Crippen molar-refractivity contribution in [2.75, 3.05) is 26.4 Å². The molecule has 0 aliphatic carbocycles. The Morgan fingerprint density at radius 2 is 1.89 bits per heavy atom. The molecule has 4 heteroatoms. The fourth-order valence-corrected chi connectivity index (χ4v) is 3.52. The second-order valence-electron chi connectivity index (χ2n) is 5.97. The predicted octanol–water partition coefficient (Wildman–Crippen LogP) is 1.48. The first-order chi connectivity index (χ1) is 8.77. The summed E-state index contributed by atoms with van der Waals surface area (Å²) in [6.07, 6.45) is 5.89. The van der Waals surface area contributed by atoms with Crippen LogP contribution in [0.5, 0.6) is 0 Å². The second kappa shape index (κ2) is 5.45. The summed E-state index contributed by atoms with van der Waals surface area (Å²) in [6, 6.07) is 1.12. The molecule has 0 saturated carbocycles. The van der Waals surface area contributed by atoms with E-state index in [0.717, 1.165) is 58.5 Å². The minimum atomic E-state index is 0.0941. The van der Waals surface area contributed by atoms with Crippen LogP contribution >= 0.6 is 0 Å². The van der Waals surface area contributed by atoms with Crippen LogP contribution in [0.4, 0.5) is 0 Å². The van der Waals surface area contributed by atoms with E-state index in [0.29, 0.717) is 18.2 Å². The third-order valence-corrected chi connectivity index (χ3v) is 4.72. The molecule has 0 bridgehead atoms. The van der Waals surface area contributed by atoms with E-state index >= 15 is 0 Å². The SMILES string of the molecule is CC1OCCC1NC1CCOC2(CCOCC2)C1. The van der Waals surface area contributed by atoms with Crippen molar-refractivity contribution in [3.05, 3.63) is 0 Å². The lowest BCUT2D eigenvalue weighted by molar-refractivity contribution is -0.141. The molecule has 0 amide bonds. The summed E-state index contributed by atoms with van der Waals surface area (Å²) in [5.74, 6) is 0. The van der Waals surface area contributed by atoms with Crippen molar-refractivity contribution in [2.24, 2.45) is 0 Å². The van der Waals surface area contributed by atoms with Gasteiger partial charge in [0.2, 0.25) is 0 Å². The summed E-state index contributed by atoms with van der Waals surface area (Å²) < 4.78 is 17.2. The van der Waals surface area contributed by atoms with E-state index in [2.05, 4.69) is 12.2 Å². The second-order valence-corrected chi connectivity index (χ2v) is 5.97. The highest BCUT2D eigenvalue weighted by Gasteiger charge is 2.40. The van der Waals surface area contributed by atoms with Gasteiger partial charge in [-0.25, -0.2) is 0 Å². The molecule has 3 aliphatic rings. The van der Waals surface area contributed by atoms with Crippen molar-refractivity contribution in [1.82, 2.24) is 5.32 Å². The van der Waals surface area contributed by atoms with Gasteiger partial charge in [-0.1, -0.05) is 0 Å². The normalized spacial score (nSPS) is 40.2. The molecule has 3 aliphatic heterocycles. The summed E-state index contributed by atoms with van der Waals surface area (Å²) in [6.45, 7) is 5.68. The maximum Gasteiger partial charge on any atom is 0.0741 e. The summed E-state index contributed by atoms with van der Waals surface area (Å²) >= 11 is 0. The van der Waals surface area contributed by atoms with Gasteiger partial charge in [-0.05, 0) is 39.0 Å². The van der Waals surface area contributed by atoms with Crippen LogP contribution in [0.3, 0.4) is 0 Å². The van der Waals surface area contributed by atoms with Crippen LogP contribution in [0, 0.1) is 0 Å². The quantitative estimate of drug-likeness (QED) is 0.811. The topological polar surface area (TPSA) is 39.7 Å². The van der Waals surface area contributed by atoms with Crippen LogP contribution < -0.4 is 5.32 Å². The van der Waals surface area contributed by atoms with E-state index in [1.807, 2.05) is 0 Å². The highest BCUT2D eigenvalue weighted by atomic mass is 16.5. The number of rotatable bonds is 2. The molecule has 4 nitrogen and oxygen atoms in total. The van der Waals surface area contributed by atoms with Gasteiger partial charge < -0.3 is 19.5 Å². The summed E-state index contributed by atoms with van der Waals surface area (Å²) in [4.78, 5) is 0. The highest BCUT2D eigenvalue weighted by Crippen LogP contribution is 2.34. The molecule has 3 atom stereocenters. The van der Waals surface area contributed by atoms with Crippen molar-refractivity contribution in [1.29, 1.82) is 0 Å². The molecule has 3 rings (SSSR count). The zero-order valence-corrected chi connectivity index (χ0v) is 11.3. The molecule has 0 aromatic rings. The number of ether oxygens (including phenoxy) is 3. The molecular formula is C14H25NO3. The standard InChI is InChI=1S/C14H25NO3/c1-11-13(3-6-17-11)15-12-2-7-18-14(10-12)4-8-16-9-5-14/h11-13,15H,2-10H2,1H3. The Kier molecular flexibility index (Phi) is 3.89. The van der Waals surface area contributed by atoms with E-state index in [4.69, 9.17) is 14.2 Å². The predicted molar refractivity (Wildman–Crippen MR) is 68.7 cm³/mol. The van der Waals surface area contributed by atoms with Crippen LogP contribution in [0.25, 0.3) is 0 Å². The maximum absolute atomic E-state index is 6.08. The minimum absolute atomic E-state index is 0.0941. The smallest absolute Gasteiger partial charge is 0.0741 e. The molecule has 3 saturated heterocycles. The Balaban J connectivity index is 1.56. The van der Waals surface area contributed by atoms with Gasteiger partial charge in [0.15, 0.2) is 0 Å². The molecule has 1 spiro atoms. The molecule has 18 heavy (non-hydrogen) atoms. The van der Waals surface area contributed by atoms with Crippen molar-refractivity contribution in [3.8, 4) is 0 Å². The lowest BCUT2D eigenvalue weighted by Gasteiger charge is -2.44. The lowest BCUT2D eigenvalue weighted by Crippen LogP contribution is -2.52. The molecule has 0 aromatic carbocycles. The van der Waals surface area contributed by atoms with Crippen LogP contribution in [-0.2, 0) is 14.2 Å². The van der Waals surface area contributed by atoms with Gasteiger partial charge in [-0.15, -0.1) is 0 Å². The van der Waals surface area contributed by atoms with Gasteiger partial charge in [-0.2, -0.15) is 0 Å². The minimum Gasteiger partial charge on any atom is -0.381 e. The van der Waals surface area contributed by atoms with Gasteiger partial charge in [0.1, 0.15) is 0 Å². The number of hydrogen-bond acceptors (Lipinski definition) is 4. The van der Waals surface area contributed by atoms with E-state index in [-0.39, 0.29) is 5.60 Å². The monoisotopic (exact) mass is 255 g/mol. The van der Waals surface area contributed by atoms with Crippen LogP contribution in [-0.4, -0.2) is 50.2 Å². The highest BCUT2D eigenvalue weighted by molar-refractivity contribution is 4.93. The Morgan fingerprint density at radius 3 is 2.61 bits per heavy atom. The molecular weight excluding hydrogens is 230 g/mol. The van der Waals surface area contributed by atoms with Crippen LogP contribution in [0.2, 0.25) is 0 Å². The molecule has 3 fully saturated rings. The summed E-state index contributed by atoms with van der Waals surface area (Å²) in [7, 11) is 0. The van der Waals surface area contributed by atoms with Crippen LogP contribution in [0.15, 0.2) is 0 Å². The number of hydrogen-bond donors (Lipinski definition) is 1. The summed E-state index contributed by atoms with van der Waals surface area (Å²) in [5.41, 5.74) is 0.0941. The van der Waals surface area contributed by atoms with Crippen molar-refractivity contribution < 1.29 is 14.2 Å². The molecule has 0 radical (unpaired) electrons. The molecule has 3 unspecified atom stereocenters. The Bertz CT molecular complexity index is 273. The zero-order chi connectivity index (χ0) is 12.4.